The lowest BCUT2D eigenvalue weighted by Gasteiger charge is -2.30. The normalized spacial score (nSPS) is 23.8. The molecule has 5 atom stereocenters. The Morgan fingerprint density at radius 3 is 2.42 bits per heavy atom. The molecule has 2 aromatic rings. The third-order valence-corrected chi connectivity index (χ3v) is 9.11. The molecule has 8 nitrogen and oxygen atoms in total. The van der Waals surface area contributed by atoms with Crippen LogP contribution in [0.3, 0.4) is 0 Å². The van der Waals surface area contributed by atoms with Crippen LogP contribution >= 0.6 is 0 Å². The summed E-state index contributed by atoms with van der Waals surface area (Å²) in [6.07, 6.45) is -3.59. The van der Waals surface area contributed by atoms with E-state index in [0.717, 1.165) is 11.1 Å². The van der Waals surface area contributed by atoms with Gasteiger partial charge in [0.25, 0.3) is 5.92 Å². The zero-order valence-corrected chi connectivity index (χ0v) is 23.7. The van der Waals surface area contributed by atoms with E-state index in [4.69, 9.17) is 14.2 Å². The average molecular weight is 582 g/mol. The van der Waals surface area contributed by atoms with Gasteiger partial charge in [-0.25, -0.2) is 17.2 Å². The highest BCUT2D eigenvalue weighted by Crippen LogP contribution is 2.43. The van der Waals surface area contributed by atoms with Crippen molar-refractivity contribution in [3.63, 3.8) is 0 Å². The van der Waals surface area contributed by atoms with E-state index in [1.54, 1.807) is 12.1 Å². The van der Waals surface area contributed by atoms with Crippen molar-refractivity contribution in [1.29, 1.82) is 0 Å². The van der Waals surface area contributed by atoms with Crippen molar-refractivity contribution < 1.29 is 41.3 Å². The molecule has 4 rings (SSSR count). The van der Waals surface area contributed by atoms with Crippen molar-refractivity contribution in [3.8, 4) is 0 Å². The average Bonchev–Trinajstić information content (AvgIpc) is 3.44. The van der Waals surface area contributed by atoms with Crippen LogP contribution in [0.15, 0.2) is 59.5 Å². The monoisotopic (exact) mass is 581 g/mol. The van der Waals surface area contributed by atoms with E-state index < -0.39 is 58.9 Å². The van der Waals surface area contributed by atoms with E-state index in [9.17, 15) is 27.1 Å². The van der Waals surface area contributed by atoms with Gasteiger partial charge in [0.05, 0.1) is 24.0 Å². The Hall–Kier alpha value is -2.44. The zero-order valence-electron chi connectivity index (χ0n) is 22.9. The van der Waals surface area contributed by atoms with Gasteiger partial charge in [-0.2, -0.15) is 4.31 Å². The second-order valence-electron chi connectivity index (χ2n) is 11.1. The summed E-state index contributed by atoms with van der Waals surface area (Å²) < 4.78 is 72.6. The number of hydrogen-bond acceptors (Lipinski definition) is 7. The minimum absolute atomic E-state index is 0.0319. The van der Waals surface area contributed by atoms with Crippen LogP contribution in [0, 0.1) is 24.7 Å². The van der Waals surface area contributed by atoms with E-state index in [0.29, 0.717) is 0 Å². The molecule has 2 aliphatic rings. The van der Waals surface area contributed by atoms with E-state index in [2.05, 4.69) is 0 Å². The number of aliphatic hydroxyl groups excluding tert-OH is 1. The largest absolute Gasteiger partial charge is 0.459 e. The van der Waals surface area contributed by atoms with Crippen LogP contribution in [0.5, 0.6) is 0 Å². The van der Waals surface area contributed by atoms with Crippen LogP contribution in [0.2, 0.25) is 0 Å². The molecule has 40 heavy (non-hydrogen) atoms. The number of benzene rings is 2. The first kappa shape index (κ1) is 30.5. The summed E-state index contributed by atoms with van der Waals surface area (Å²) in [5, 5.41) is 11.4. The number of ether oxygens (including phenoxy) is 3. The SMILES string of the molecule is Cc1ccc(S(=O)(=O)N(CC(C)C)C[C@@H](O)[C@@H](CC(=O)O[C@H]2CO[C@H]3OCC(F)(F)[C@H]32)Cc2ccccc2)cc1. The van der Waals surface area contributed by atoms with Crippen LogP contribution in [-0.2, 0) is 35.4 Å². The number of halogens is 2. The van der Waals surface area contributed by atoms with Crippen LogP contribution in [-0.4, -0.2) is 74.5 Å². The van der Waals surface area contributed by atoms with Gasteiger partial charge in [0, 0.05) is 19.0 Å². The summed E-state index contributed by atoms with van der Waals surface area (Å²) in [4.78, 5) is 13.1. The number of aryl methyl sites for hydroxylation is 1. The number of alkyl halides is 2. The van der Waals surface area contributed by atoms with Crippen molar-refractivity contribution in [2.45, 2.75) is 62.9 Å². The van der Waals surface area contributed by atoms with Crippen LogP contribution in [0.4, 0.5) is 8.78 Å². The van der Waals surface area contributed by atoms with Gasteiger partial charge in [0.15, 0.2) is 6.29 Å². The summed E-state index contributed by atoms with van der Waals surface area (Å²) in [5.74, 6) is -6.12. The minimum Gasteiger partial charge on any atom is -0.459 e. The Morgan fingerprint density at radius 1 is 1.10 bits per heavy atom. The van der Waals surface area contributed by atoms with Gasteiger partial charge in [-0.3, -0.25) is 4.79 Å². The first-order chi connectivity index (χ1) is 18.9. The second kappa shape index (κ2) is 12.6. The lowest BCUT2D eigenvalue weighted by Crippen LogP contribution is -2.43. The molecule has 1 N–H and O–H groups in total. The van der Waals surface area contributed by atoms with Crippen LogP contribution < -0.4 is 0 Å². The molecular formula is C29H37F2NO7S. The molecule has 11 heteroatoms. The van der Waals surface area contributed by atoms with E-state index in [1.165, 1.54) is 16.4 Å². The Balaban J connectivity index is 1.52. The number of carbonyl (C=O) groups excluding carboxylic acids is 1. The van der Waals surface area contributed by atoms with Crippen molar-refractivity contribution in [2.75, 3.05) is 26.3 Å². The predicted octanol–water partition coefficient (Wildman–Crippen LogP) is 3.80. The number of nitrogens with zero attached hydrogens (tertiary/aromatic N) is 1. The molecule has 0 aliphatic carbocycles. The Labute approximate surface area is 234 Å². The topological polar surface area (TPSA) is 102 Å². The Kier molecular flexibility index (Phi) is 9.62. The van der Waals surface area contributed by atoms with Gasteiger partial charge >= 0.3 is 5.97 Å². The van der Waals surface area contributed by atoms with Gasteiger partial charge in [-0.15, -0.1) is 0 Å². The van der Waals surface area contributed by atoms with Gasteiger partial charge in [-0.1, -0.05) is 61.9 Å². The summed E-state index contributed by atoms with van der Waals surface area (Å²) >= 11 is 0. The molecule has 0 bridgehead atoms. The smallest absolute Gasteiger partial charge is 0.306 e. The van der Waals surface area contributed by atoms with Crippen molar-refractivity contribution in [2.24, 2.45) is 17.8 Å². The van der Waals surface area contributed by atoms with Crippen molar-refractivity contribution in [3.05, 3.63) is 65.7 Å². The van der Waals surface area contributed by atoms with Gasteiger partial charge < -0.3 is 19.3 Å². The van der Waals surface area contributed by atoms with Crippen molar-refractivity contribution in [1.82, 2.24) is 4.31 Å². The molecule has 0 saturated carbocycles. The highest BCUT2D eigenvalue weighted by atomic mass is 32.2. The maximum atomic E-state index is 14.3. The number of aliphatic hydroxyl groups is 1. The number of esters is 1. The molecule has 2 heterocycles. The number of rotatable bonds is 12. The van der Waals surface area contributed by atoms with E-state index >= 15 is 0 Å². The number of carbonyl (C=O) groups is 1. The second-order valence-corrected chi connectivity index (χ2v) is 13.0. The summed E-state index contributed by atoms with van der Waals surface area (Å²) in [6, 6.07) is 15.6. The third-order valence-electron chi connectivity index (χ3n) is 7.26. The minimum atomic E-state index is -3.94. The molecule has 0 unspecified atom stereocenters. The molecule has 0 amide bonds. The molecular weight excluding hydrogens is 544 g/mol. The molecule has 2 fully saturated rings. The summed E-state index contributed by atoms with van der Waals surface area (Å²) in [6.45, 7) is 4.52. The fraction of sp³-hybridized carbons (Fsp3) is 0.552. The highest BCUT2D eigenvalue weighted by molar-refractivity contribution is 7.89. The molecule has 2 aromatic carbocycles. The van der Waals surface area contributed by atoms with Gasteiger partial charge in [0.1, 0.15) is 18.6 Å². The fourth-order valence-electron chi connectivity index (χ4n) is 5.18. The molecule has 0 aromatic heterocycles. The van der Waals surface area contributed by atoms with E-state index in [1.807, 2.05) is 51.1 Å². The first-order valence-corrected chi connectivity index (χ1v) is 14.9. The number of fused-ring (bicyclic) bond motifs is 1. The highest BCUT2D eigenvalue weighted by Gasteiger charge is 2.60. The Morgan fingerprint density at radius 2 is 1.77 bits per heavy atom. The maximum absolute atomic E-state index is 14.3. The number of sulfonamides is 1. The maximum Gasteiger partial charge on any atom is 0.306 e. The lowest BCUT2D eigenvalue weighted by atomic mass is 9.90. The molecule has 0 spiro atoms. The van der Waals surface area contributed by atoms with Gasteiger partial charge in [0.2, 0.25) is 10.0 Å². The quantitative estimate of drug-likeness (QED) is 0.381. The van der Waals surface area contributed by atoms with E-state index in [-0.39, 0.29) is 43.4 Å². The standard InChI is InChI=1S/C29H37F2NO7S/c1-19(2)15-32(40(35,36)23-11-9-20(3)10-12-23)16-24(33)22(13-21-7-5-4-6-8-21)14-26(34)39-25-17-37-28-27(25)29(30,31)18-38-28/h4-12,19,22,24-25,27-28,33H,13-18H2,1-3H3/t22-,24-,25+,27+,28+/m1/s1. The van der Waals surface area contributed by atoms with Gasteiger partial charge in [-0.05, 0) is 37.0 Å². The molecule has 2 saturated heterocycles. The Bertz CT molecular complexity index is 1240. The fourth-order valence-corrected chi connectivity index (χ4v) is 6.80. The first-order valence-electron chi connectivity index (χ1n) is 13.5. The number of hydrogen-bond donors (Lipinski definition) is 1. The third kappa shape index (κ3) is 7.25. The summed E-state index contributed by atoms with van der Waals surface area (Å²) in [7, 11) is -3.94. The molecule has 220 valence electrons. The van der Waals surface area contributed by atoms with Crippen LogP contribution in [0.25, 0.3) is 0 Å². The summed E-state index contributed by atoms with van der Waals surface area (Å²) in [5.41, 5.74) is 1.74. The van der Waals surface area contributed by atoms with Crippen molar-refractivity contribution >= 4 is 16.0 Å². The zero-order chi connectivity index (χ0) is 29.1. The predicted molar refractivity (Wildman–Crippen MR) is 143 cm³/mol. The molecule has 0 radical (unpaired) electrons. The molecule has 2 aliphatic heterocycles. The van der Waals surface area contributed by atoms with Crippen LogP contribution in [0.1, 0.15) is 31.4 Å². The lowest BCUT2D eigenvalue weighted by molar-refractivity contribution is -0.158.